The quantitative estimate of drug-likeness (QED) is 0.338. The minimum absolute atomic E-state index is 0.0559. The Bertz CT molecular complexity index is 1180. The summed E-state index contributed by atoms with van der Waals surface area (Å²) in [5, 5.41) is 25.8. The molecule has 0 radical (unpaired) electrons. The highest BCUT2D eigenvalue weighted by molar-refractivity contribution is 5.99. The molecular weight excluding hydrogens is 388 g/mol. The van der Waals surface area contributed by atoms with Gasteiger partial charge < -0.3 is 14.8 Å². The molecule has 0 unspecified atom stereocenters. The Hall–Kier alpha value is -3.88. The first-order chi connectivity index (χ1) is 14.5. The number of carbonyl (C=O) groups excluding carboxylic acids is 1. The lowest BCUT2D eigenvalue weighted by atomic mass is 9.95. The summed E-state index contributed by atoms with van der Waals surface area (Å²) in [6.07, 6.45) is 5.59. The number of ether oxygens (including phenoxy) is 1. The zero-order valence-electron chi connectivity index (χ0n) is 16.3. The SMILES string of the molecule is COc1cc(/C=N\NC(=O)c2ccc3[nH]c4c(c3c2)CCCC4)cc([N+](=O)[O-])c1O. The van der Waals surface area contributed by atoms with Crippen LogP contribution in [0.15, 0.2) is 35.4 Å². The van der Waals surface area contributed by atoms with Crippen LogP contribution in [0, 0.1) is 10.1 Å². The third kappa shape index (κ3) is 3.57. The van der Waals surface area contributed by atoms with Gasteiger partial charge in [0.2, 0.25) is 5.75 Å². The van der Waals surface area contributed by atoms with E-state index in [4.69, 9.17) is 4.74 Å². The van der Waals surface area contributed by atoms with Crippen LogP contribution >= 0.6 is 0 Å². The number of H-pyrrole nitrogens is 1. The zero-order chi connectivity index (χ0) is 21.3. The molecule has 1 aliphatic rings. The van der Waals surface area contributed by atoms with Gasteiger partial charge in [0.15, 0.2) is 5.75 Å². The average molecular weight is 408 g/mol. The van der Waals surface area contributed by atoms with Crippen LogP contribution in [0.1, 0.15) is 40.0 Å². The molecule has 0 spiro atoms. The Kier molecular flexibility index (Phi) is 5.09. The largest absolute Gasteiger partial charge is 0.500 e. The van der Waals surface area contributed by atoms with Gasteiger partial charge in [0.05, 0.1) is 18.2 Å². The fourth-order valence-electron chi connectivity index (χ4n) is 3.76. The number of nitro benzene ring substituents is 1. The van der Waals surface area contributed by atoms with Gasteiger partial charge in [0, 0.05) is 33.8 Å². The standard InChI is InChI=1S/C21H20N4O5/c1-30-19-9-12(8-18(20(19)26)25(28)29)11-22-24-21(27)13-6-7-17-15(10-13)14-4-2-3-5-16(14)23-17/h6-11,23,26H,2-5H2,1H3,(H,24,27)/b22-11-. The minimum atomic E-state index is -0.722. The van der Waals surface area contributed by atoms with E-state index in [-0.39, 0.29) is 11.7 Å². The Balaban J connectivity index is 1.54. The Morgan fingerprint density at radius 3 is 2.87 bits per heavy atom. The van der Waals surface area contributed by atoms with E-state index in [0.29, 0.717) is 11.1 Å². The van der Waals surface area contributed by atoms with Gasteiger partial charge in [-0.3, -0.25) is 14.9 Å². The lowest BCUT2D eigenvalue weighted by Crippen LogP contribution is -2.17. The molecule has 1 amide bonds. The number of aryl methyl sites for hydroxylation is 2. The first-order valence-electron chi connectivity index (χ1n) is 9.50. The summed E-state index contributed by atoms with van der Waals surface area (Å²) in [5.41, 5.74) is 6.23. The van der Waals surface area contributed by atoms with Gasteiger partial charge in [-0.05, 0) is 55.5 Å². The minimum Gasteiger partial charge on any atom is -0.500 e. The van der Waals surface area contributed by atoms with E-state index in [9.17, 15) is 20.0 Å². The molecule has 9 nitrogen and oxygen atoms in total. The van der Waals surface area contributed by atoms with Crippen LogP contribution in [-0.4, -0.2) is 34.2 Å². The topological polar surface area (TPSA) is 130 Å². The number of nitrogens with one attached hydrogen (secondary N) is 2. The number of amides is 1. The third-order valence-electron chi connectivity index (χ3n) is 5.23. The highest BCUT2D eigenvalue weighted by Crippen LogP contribution is 2.36. The maximum Gasteiger partial charge on any atom is 0.315 e. The molecular formula is C21H20N4O5. The summed E-state index contributed by atoms with van der Waals surface area (Å²) in [4.78, 5) is 26.3. The van der Waals surface area contributed by atoms with Crippen LogP contribution in [0.25, 0.3) is 10.9 Å². The summed E-state index contributed by atoms with van der Waals surface area (Å²) < 4.78 is 4.95. The summed E-state index contributed by atoms with van der Waals surface area (Å²) in [6, 6.07) is 8.00. The van der Waals surface area contributed by atoms with Gasteiger partial charge in [-0.15, -0.1) is 0 Å². The van der Waals surface area contributed by atoms with E-state index in [1.807, 2.05) is 12.1 Å². The first-order valence-corrected chi connectivity index (χ1v) is 9.50. The van der Waals surface area contributed by atoms with Crippen molar-refractivity contribution < 1.29 is 19.6 Å². The van der Waals surface area contributed by atoms with E-state index in [2.05, 4.69) is 15.5 Å². The summed E-state index contributed by atoms with van der Waals surface area (Å²) in [6.45, 7) is 0. The molecule has 0 atom stereocenters. The molecule has 1 aromatic heterocycles. The van der Waals surface area contributed by atoms with Crippen LogP contribution in [0.2, 0.25) is 0 Å². The Morgan fingerprint density at radius 2 is 2.10 bits per heavy atom. The molecule has 3 N–H and O–H groups in total. The van der Waals surface area contributed by atoms with Crippen LogP contribution in [0.3, 0.4) is 0 Å². The van der Waals surface area contributed by atoms with Gasteiger partial charge in [0.1, 0.15) is 0 Å². The number of hydrogen-bond acceptors (Lipinski definition) is 6. The second-order valence-electron chi connectivity index (χ2n) is 7.10. The summed E-state index contributed by atoms with van der Waals surface area (Å²) in [5.74, 6) is -1.01. The zero-order valence-corrected chi connectivity index (χ0v) is 16.3. The molecule has 0 aliphatic heterocycles. The number of aromatic nitrogens is 1. The molecule has 0 fully saturated rings. The molecule has 0 saturated carbocycles. The maximum absolute atomic E-state index is 12.5. The third-order valence-corrected chi connectivity index (χ3v) is 5.23. The Morgan fingerprint density at radius 1 is 1.30 bits per heavy atom. The summed E-state index contributed by atoms with van der Waals surface area (Å²) >= 11 is 0. The number of aromatic hydroxyl groups is 1. The number of phenols is 1. The van der Waals surface area contributed by atoms with E-state index < -0.39 is 16.4 Å². The number of hydrogen-bond donors (Lipinski definition) is 3. The molecule has 4 rings (SSSR count). The lowest BCUT2D eigenvalue weighted by Gasteiger charge is -2.10. The number of benzene rings is 2. The van der Waals surface area contributed by atoms with Crippen LogP contribution < -0.4 is 10.2 Å². The van der Waals surface area contributed by atoms with Crippen LogP contribution in [0.4, 0.5) is 5.69 Å². The van der Waals surface area contributed by atoms with E-state index >= 15 is 0 Å². The molecule has 1 heterocycles. The molecule has 1 aliphatic carbocycles. The number of hydrazone groups is 1. The van der Waals surface area contributed by atoms with Gasteiger partial charge in [-0.2, -0.15) is 5.10 Å². The fraction of sp³-hybridized carbons (Fsp3) is 0.238. The number of fused-ring (bicyclic) bond motifs is 3. The van der Waals surface area contributed by atoms with Crippen molar-refractivity contribution in [1.29, 1.82) is 0 Å². The second kappa shape index (κ2) is 7.86. The number of rotatable bonds is 5. The molecule has 30 heavy (non-hydrogen) atoms. The van der Waals surface area contributed by atoms with Crippen molar-refractivity contribution in [2.75, 3.05) is 7.11 Å². The average Bonchev–Trinajstić information content (AvgIpc) is 3.12. The number of nitro groups is 1. The highest BCUT2D eigenvalue weighted by atomic mass is 16.6. The smallest absolute Gasteiger partial charge is 0.315 e. The summed E-state index contributed by atoms with van der Waals surface area (Å²) in [7, 11) is 1.29. The molecule has 2 aromatic carbocycles. The van der Waals surface area contributed by atoms with Gasteiger partial charge >= 0.3 is 5.69 Å². The van der Waals surface area contributed by atoms with Gasteiger partial charge in [-0.1, -0.05) is 0 Å². The van der Waals surface area contributed by atoms with Crippen molar-refractivity contribution in [3.8, 4) is 11.5 Å². The normalized spacial score (nSPS) is 13.4. The van der Waals surface area contributed by atoms with E-state index in [0.717, 1.165) is 36.2 Å². The number of aromatic amines is 1. The van der Waals surface area contributed by atoms with Crippen molar-refractivity contribution in [3.05, 3.63) is 62.8 Å². The monoisotopic (exact) mass is 408 g/mol. The second-order valence-corrected chi connectivity index (χ2v) is 7.10. The van der Waals surface area contributed by atoms with Gasteiger partial charge in [0.25, 0.3) is 5.91 Å². The molecule has 3 aromatic rings. The van der Waals surface area contributed by atoms with Crippen molar-refractivity contribution in [2.24, 2.45) is 5.10 Å². The molecule has 9 heteroatoms. The maximum atomic E-state index is 12.5. The first kappa shape index (κ1) is 19.4. The lowest BCUT2D eigenvalue weighted by molar-refractivity contribution is -0.386. The number of carbonyl (C=O) groups is 1. The molecule has 0 saturated heterocycles. The predicted molar refractivity (Wildman–Crippen MR) is 111 cm³/mol. The molecule has 154 valence electrons. The highest BCUT2D eigenvalue weighted by Gasteiger charge is 2.19. The van der Waals surface area contributed by atoms with Crippen LogP contribution in [-0.2, 0) is 12.8 Å². The number of phenolic OH excluding ortho intramolecular Hbond substituents is 1. The predicted octanol–water partition coefficient (Wildman–Crippen LogP) is 3.43. The molecule has 0 bridgehead atoms. The van der Waals surface area contributed by atoms with Crippen molar-refractivity contribution in [3.63, 3.8) is 0 Å². The van der Waals surface area contributed by atoms with Crippen LogP contribution in [0.5, 0.6) is 11.5 Å². The van der Waals surface area contributed by atoms with E-state index in [1.54, 1.807) is 6.07 Å². The van der Waals surface area contributed by atoms with Crippen molar-refractivity contribution in [1.82, 2.24) is 10.4 Å². The van der Waals surface area contributed by atoms with E-state index in [1.165, 1.54) is 37.1 Å². The number of methoxy groups -OCH3 is 1. The van der Waals surface area contributed by atoms with Crippen molar-refractivity contribution >= 4 is 28.7 Å². The number of nitrogens with zero attached hydrogens (tertiary/aromatic N) is 2. The fourth-order valence-corrected chi connectivity index (χ4v) is 3.76. The Labute approximate surface area is 171 Å². The van der Waals surface area contributed by atoms with Gasteiger partial charge in [-0.25, -0.2) is 5.43 Å². The van der Waals surface area contributed by atoms with Crippen molar-refractivity contribution in [2.45, 2.75) is 25.7 Å².